The van der Waals surface area contributed by atoms with Crippen LogP contribution in [0.1, 0.15) is 23.7 Å². The molecule has 0 fully saturated rings. The summed E-state index contributed by atoms with van der Waals surface area (Å²) in [6, 6.07) is 4.34. The molecule has 0 bridgehead atoms. The third-order valence-corrected chi connectivity index (χ3v) is 2.31. The van der Waals surface area contributed by atoms with Gasteiger partial charge in [0.25, 0.3) is 0 Å². The summed E-state index contributed by atoms with van der Waals surface area (Å²) < 4.78 is 10.4. The van der Waals surface area contributed by atoms with Gasteiger partial charge in [0.1, 0.15) is 6.61 Å². The van der Waals surface area contributed by atoms with Crippen molar-refractivity contribution in [3.8, 4) is 11.5 Å². The minimum absolute atomic E-state index is 0.107. The number of ether oxygens (including phenoxy) is 2. The summed E-state index contributed by atoms with van der Waals surface area (Å²) in [5.74, 6) is -0.272. The lowest BCUT2D eigenvalue weighted by atomic mass is 10.2. The van der Waals surface area contributed by atoms with Crippen LogP contribution in [-0.4, -0.2) is 36.0 Å². The zero-order valence-electron chi connectivity index (χ0n) is 9.84. The summed E-state index contributed by atoms with van der Waals surface area (Å²) in [6.45, 7) is 1.94. The number of carboxylic acid groups (broad SMARTS) is 1. The quantitative estimate of drug-likeness (QED) is 0.788. The van der Waals surface area contributed by atoms with E-state index in [0.29, 0.717) is 17.9 Å². The molecule has 2 N–H and O–H groups in total. The molecule has 0 aromatic heterocycles. The maximum atomic E-state index is 10.8. The van der Waals surface area contributed by atoms with Crippen LogP contribution in [0.3, 0.4) is 0 Å². The fraction of sp³-hybridized carbons (Fsp3) is 0.417. The molecule has 0 spiro atoms. The van der Waals surface area contributed by atoms with E-state index in [0.717, 1.165) is 0 Å². The van der Waals surface area contributed by atoms with Gasteiger partial charge in [-0.3, -0.25) is 0 Å². The second kappa shape index (κ2) is 6.10. The van der Waals surface area contributed by atoms with Gasteiger partial charge < -0.3 is 19.7 Å². The highest BCUT2D eigenvalue weighted by molar-refractivity contribution is 5.88. The lowest BCUT2D eigenvalue weighted by molar-refractivity contribution is 0.0695. The second-order valence-corrected chi connectivity index (χ2v) is 3.54. The molecule has 0 heterocycles. The smallest absolute Gasteiger partial charge is 0.335 e. The van der Waals surface area contributed by atoms with Gasteiger partial charge in [0.15, 0.2) is 11.5 Å². The molecule has 1 aromatic rings. The van der Waals surface area contributed by atoms with Gasteiger partial charge in [-0.2, -0.15) is 0 Å². The molecule has 1 atom stereocenters. The summed E-state index contributed by atoms with van der Waals surface area (Å²) >= 11 is 0. The number of rotatable bonds is 6. The van der Waals surface area contributed by atoms with Crippen LogP contribution in [0.4, 0.5) is 0 Å². The molecule has 94 valence electrons. The molecule has 5 heteroatoms. The minimum Gasteiger partial charge on any atom is -0.493 e. The second-order valence-electron chi connectivity index (χ2n) is 3.54. The van der Waals surface area contributed by atoms with Crippen molar-refractivity contribution in [3.63, 3.8) is 0 Å². The van der Waals surface area contributed by atoms with Gasteiger partial charge in [-0.15, -0.1) is 0 Å². The van der Waals surface area contributed by atoms with Crippen molar-refractivity contribution in [1.29, 1.82) is 0 Å². The first-order valence-electron chi connectivity index (χ1n) is 5.30. The van der Waals surface area contributed by atoms with Gasteiger partial charge in [0.2, 0.25) is 0 Å². The van der Waals surface area contributed by atoms with Crippen LogP contribution >= 0.6 is 0 Å². The third kappa shape index (κ3) is 3.64. The lowest BCUT2D eigenvalue weighted by Gasteiger charge is -2.13. The summed E-state index contributed by atoms with van der Waals surface area (Å²) in [7, 11) is 1.47. The van der Waals surface area contributed by atoms with Gasteiger partial charge in [0.05, 0.1) is 18.8 Å². The number of aliphatic hydroxyl groups excluding tert-OH is 1. The third-order valence-electron chi connectivity index (χ3n) is 2.31. The highest BCUT2D eigenvalue weighted by Crippen LogP contribution is 2.28. The normalized spacial score (nSPS) is 11.9. The van der Waals surface area contributed by atoms with Crippen molar-refractivity contribution in [3.05, 3.63) is 23.8 Å². The molecule has 0 radical (unpaired) electrons. The SMILES string of the molecule is CCC(O)COc1cc(C(=O)O)ccc1OC. The number of hydrogen-bond donors (Lipinski definition) is 2. The van der Waals surface area contributed by atoms with Gasteiger partial charge >= 0.3 is 5.97 Å². The first-order valence-corrected chi connectivity index (χ1v) is 5.30. The van der Waals surface area contributed by atoms with E-state index in [9.17, 15) is 9.90 Å². The highest BCUT2D eigenvalue weighted by atomic mass is 16.5. The van der Waals surface area contributed by atoms with E-state index < -0.39 is 12.1 Å². The Hall–Kier alpha value is -1.75. The number of carbonyl (C=O) groups is 1. The zero-order valence-corrected chi connectivity index (χ0v) is 9.84. The molecule has 0 amide bonds. The summed E-state index contributed by atoms with van der Waals surface area (Å²) in [6.07, 6.45) is -0.00538. The Morgan fingerprint density at radius 1 is 1.41 bits per heavy atom. The van der Waals surface area contributed by atoms with Gasteiger partial charge in [-0.1, -0.05) is 6.92 Å². The van der Waals surface area contributed by atoms with E-state index in [1.54, 1.807) is 0 Å². The standard InChI is InChI=1S/C12H16O5/c1-3-9(13)7-17-11-6-8(12(14)15)4-5-10(11)16-2/h4-6,9,13H,3,7H2,1-2H3,(H,14,15). The molecule has 17 heavy (non-hydrogen) atoms. The van der Waals surface area contributed by atoms with Crippen LogP contribution < -0.4 is 9.47 Å². The average molecular weight is 240 g/mol. The number of hydrogen-bond acceptors (Lipinski definition) is 4. The van der Waals surface area contributed by atoms with Crippen LogP contribution in [0.5, 0.6) is 11.5 Å². The molecular formula is C12H16O5. The van der Waals surface area contributed by atoms with Crippen molar-refractivity contribution in [2.24, 2.45) is 0 Å². The Kier molecular flexibility index (Phi) is 4.78. The van der Waals surface area contributed by atoms with E-state index in [2.05, 4.69) is 0 Å². The maximum absolute atomic E-state index is 10.8. The minimum atomic E-state index is -1.03. The fourth-order valence-electron chi connectivity index (χ4n) is 1.23. The fourth-order valence-corrected chi connectivity index (χ4v) is 1.23. The van der Waals surface area contributed by atoms with Gasteiger partial charge in [0, 0.05) is 0 Å². The monoisotopic (exact) mass is 240 g/mol. The average Bonchev–Trinajstić information content (AvgIpc) is 2.35. The van der Waals surface area contributed by atoms with Crippen LogP contribution in [0, 0.1) is 0 Å². The first kappa shape index (κ1) is 13.3. The van der Waals surface area contributed by atoms with E-state index in [-0.39, 0.29) is 12.2 Å². The van der Waals surface area contributed by atoms with Crippen LogP contribution in [0.15, 0.2) is 18.2 Å². The molecular weight excluding hydrogens is 224 g/mol. The number of methoxy groups -OCH3 is 1. The Labute approximate surface area is 99.6 Å². The number of benzene rings is 1. The molecule has 1 aromatic carbocycles. The highest BCUT2D eigenvalue weighted by Gasteiger charge is 2.11. The predicted molar refractivity (Wildman–Crippen MR) is 61.7 cm³/mol. The molecule has 0 saturated carbocycles. The maximum Gasteiger partial charge on any atom is 0.335 e. The Morgan fingerprint density at radius 3 is 2.65 bits per heavy atom. The Balaban J connectivity index is 2.86. The molecule has 0 aliphatic carbocycles. The van der Waals surface area contributed by atoms with Crippen molar-refractivity contribution in [2.75, 3.05) is 13.7 Å². The van der Waals surface area contributed by atoms with Crippen molar-refractivity contribution in [2.45, 2.75) is 19.4 Å². The molecule has 5 nitrogen and oxygen atoms in total. The number of aromatic carboxylic acids is 1. The van der Waals surface area contributed by atoms with Crippen molar-refractivity contribution in [1.82, 2.24) is 0 Å². The van der Waals surface area contributed by atoms with E-state index in [4.69, 9.17) is 14.6 Å². The molecule has 0 saturated heterocycles. The van der Waals surface area contributed by atoms with Crippen molar-refractivity contribution >= 4 is 5.97 Å². The van der Waals surface area contributed by atoms with E-state index in [1.807, 2.05) is 6.92 Å². The topological polar surface area (TPSA) is 76.0 Å². The molecule has 0 aliphatic heterocycles. The van der Waals surface area contributed by atoms with Gasteiger partial charge in [-0.25, -0.2) is 4.79 Å². The number of carboxylic acids is 1. The van der Waals surface area contributed by atoms with Crippen LogP contribution in [0.2, 0.25) is 0 Å². The van der Waals surface area contributed by atoms with Crippen molar-refractivity contribution < 1.29 is 24.5 Å². The zero-order chi connectivity index (χ0) is 12.8. The molecule has 0 aliphatic rings. The van der Waals surface area contributed by atoms with Crippen LogP contribution in [0.25, 0.3) is 0 Å². The Morgan fingerprint density at radius 2 is 2.12 bits per heavy atom. The number of aliphatic hydroxyl groups is 1. The summed E-state index contributed by atoms with van der Waals surface area (Å²) in [5.41, 5.74) is 0.117. The largest absolute Gasteiger partial charge is 0.493 e. The lowest BCUT2D eigenvalue weighted by Crippen LogP contribution is -2.16. The molecule has 1 rings (SSSR count). The predicted octanol–water partition coefficient (Wildman–Crippen LogP) is 1.54. The summed E-state index contributed by atoms with van der Waals surface area (Å²) in [4.78, 5) is 10.8. The van der Waals surface area contributed by atoms with E-state index >= 15 is 0 Å². The first-order chi connectivity index (χ1) is 8.08. The van der Waals surface area contributed by atoms with E-state index in [1.165, 1.54) is 25.3 Å². The van der Waals surface area contributed by atoms with Gasteiger partial charge in [-0.05, 0) is 24.6 Å². The molecule has 1 unspecified atom stereocenters. The Bertz CT molecular complexity index is 388. The summed E-state index contributed by atoms with van der Waals surface area (Å²) in [5, 5.41) is 18.2. The van der Waals surface area contributed by atoms with Crippen LogP contribution in [-0.2, 0) is 0 Å².